The standard InChI is InChI=1S/C35H32N2O7/c1-13-8-17-25-28-23(15(11-38)9-20(41)26(28)33-32(17)36-18-6-4-5-7-19(18)37-33)24-16(12-39)10-21(42)27-29(24)30(25)31(22(13)14(2)40)35(44-3)34(27)43/h8-10,18-19,22,36-39,43H,4-7,11-12H2,1-3H3. The summed E-state index contributed by atoms with van der Waals surface area (Å²) in [6.45, 7) is 2.42. The molecule has 3 unspecified atom stereocenters. The van der Waals surface area contributed by atoms with Crippen LogP contribution in [-0.2, 0) is 18.0 Å². The van der Waals surface area contributed by atoms with Gasteiger partial charge < -0.3 is 30.7 Å². The lowest BCUT2D eigenvalue weighted by atomic mass is 9.78. The second kappa shape index (κ2) is 9.27. The van der Waals surface area contributed by atoms with Gasteiger partial charge in [-0.2, -0.15) is 0 Å². The van der Waals surface area contributed by atoms with Crippen molar-refractivity contribution in [2.45, 2.75) is 70.7 Å². The Kier molecular flexibility index (Phi) is 5.71. The number of aliphatic hydroxyl groups excluding tert-OH is 2. The molecule has 44 heavy (non-hydrogen) atoms. The summed E-state index contributed by atoms with van der Waals surface area (Å²) >= 11 is 0. The van der Waals surface area contributed by atoms with Crippen LogP contribution in [0.5, 0.6) is 11.5 Å². The molecule has 5 N–H and O–H groups in total. The number of methoxy groups -OCH3 is 1. The Morgan fingerprint density at radius 2 is 1.41 bits per heavy atom. The van der Waals surface area contributed by atoms with Gasteiger partial charge in [0, 0.05) is 39.4 Å². The molecule has 2 aliphatic carbocycles. The number of phenols is 1. The molecule has 1 fully saturated rings. The highest BCUT2D eigenvalue weighted by Crippen LogP contribution is 2.57. The zero-order chi connectivity index (χ0) is 30.8. The summed E-state index contributed by atoms with van der Waals surface area (Å²) < 4.78 is 5.80. The lowest BCUT2D eigenvalue weighted by Crippen LogP contribution is -2.45. The first kappa shape index (κ1) is 27.1. The highest BCUT2D eigenvalue weighted by Gasteiger charge is 2.39. The first-order valence-corrected chi connectivity index (χ1v) is 15.1. The normalized spacial score (nSPS) is 20.8. The molecular formula is C35H32N2O7. The van der Waals surface area contributed by atoms with Gasteiger partial charge in [0.2, 0.25) is 0 Å². The number of anilines is 2. The fraction of sp³-hybridized carbons (Fsp3) is 0.343. The predicted octanol–water partition coefficient (Wildman–Crippen LogP) is 4.83. The van der Waals surface area contributed by atoms with Gasteiger partial charge in [0.05, 0.1) is 48.4 Å². The molecule has 8 rings (SSSR count). The van der Waals surface area contributed by atoms with Crippen molar-refractivity contribution in [2.24, 2.45) is 0 Å². The van der Waals surface area contributed by atoms with E-state index in [0.29, 0.717) is 60.1 Å². The number of rotatable bonds is 4. The quantitative estimate of drug-likeness (QED) is 0.146. The number of aromatic hydroxyl groups is 1. The van der Waals surface area contributed by atoms with Gasteiger partial charge in [-0.15, -0.1) is 0 Å². The fourth-order valence-electron chi connectivity index (χ4n) is 8.58. The fourth-order valence-corrected chi connectivity index (χ4v) is 8.58. The first-order valence-electron chi connectivity index (χ1n) is 15.1. The average Bonchev–Trinajstić information content (AvgIpc) is 3.14. The van der Waals surface area contributed by atoms with E-state index in [-0.39, 0.29) is 40.2 Å². The molecule has 5 aromatic carbocycles. The summed E-state index contributed by atoms with van der Waals surface area (Å²) in [5.74, 6) is -1.35. The van der Waals surface area contributed by atoms with Gasteiger partial charge in [-0.1, -0.05) is 24.5 Å². The van der Waals surface area contributed by atoms with Crippen LogP contribution >= 0.6 is 0 Å². The molecule has 224 valence electrons. The van der Waals surface area contributed by atoms with Gasteiger partial charge in [0.25, 0.3) is 0 Å². The number of ether oxygens (including phenoxy) is 1. The van der Waals surface area contributed by atoms with Crippen molar-refractivity contribution in [3.63, 3.8) is 0 Å². The number of fused-ring (bicyclic) bond motifs is 5. The Morgan fingerprint density at radius 1 is 0.841 bits per heavy atom. The Labute approximate surface area is 251 Å². The van der Waals surface area contributed by atoms with Gasteiger partial charge in [-0.25, -0.2) is 0 Å². The zero-order valence-corrected chi connectivity index (χ0v) is 24.7. The third-order valence-electron chi connectivity index (χ3n) is 10.2. The monoisotopic (exact) mass is 592 g/mol. The summed E-state index contributed by atoms with van der Waals surface area (Å²) in [6, 6.07) is 2.99. The van der Waals surface area contributed by atoms with E-state index in [2.05, 4.69) is 10.6 Å². The molecule has 3 atom stereocenters. The van der Waals surface area contributed by atoms with Crippen molar-refractivity contribution in [3.05, 3.63) is 60.4 Å². The Balaban J connectivity index is 1.78. The second-order valence-electron chi connectivity index (χ2n) is 12.6. The molecule has 3 aliphatic rings. The van der Waals surface area contributed by atoms with Crippen LogP contribution in [0.1, 0.15) is 67.7 Å². The molecule has 1 heterocycles. The first-order chi connectivity index (χ1) is 21.2. The second-order valence-corrected chi connectivity index (χ2v) is 12.6. The van der Waals surface area contributed by atoms with Crippen LogP contribution < -0.4 is 26.2 Å². The van der Waals surface area contributed by atoms with E-state index in [0.717, 1.165) is 42.5 Å². The Bertz CT molecular complexity index is 2260. The summed E-state index contributed by atoms with van der Waals surface area (Å²) in [6.07, 6.45) is 6.06. The number of ketones is 1. The number of hydrogen-bond acceptors (Lipinski definition) is 9. The van der Waals surface area contributed by atoms with E-state index in [9.17, 15) is 29.7 Å². The lowest BCUT2D eigenvalue weighted by molar-refractivity contribution is -0.117. The van der Waals surface area contributed by atoms with Crippen molar-refractivity contribution in [3.8, 4) is 11.5 Å². The molecule has 5 aromatic rings. The Hall–Kier alpha value is -4.47. The number of Topliss-reactive ketones (excluding diaryl/α,β-unsaturated/α-hetero) is 1. The third-order valence-corrected chi connectivity index (χ3v) is 10.2. The number of hydrogen-bond donors (Lipinski definition) is 5. The van der Waals surface area contributed by atoms with Crippen LogP contribution in [-0.4, -0.2) is 40.3 Å². The van der Waals surface area contributed by atoms with Crippen molar-refractivity contribution < 1.29 is 24.9 Å². The molecule has 9 nitrogen and oxygen atoms in total. The highest BCUT2D eigenvalue weighted by molar-refractivity contribution is 6.40. The number of carbonyl (C=O) groups is 1. The number of allylic oxidation sites excluding steroid dienone is 1. The van der Waals surface area contributed by atoms with E-state index in [1.54, 1.807) is 0 Å². The van der Waals surface area contributed by atoms with Crippen molar-refractivity contribution in [1.29, 1.82) is 0 Å². The van der Waals surface area contributed by atoms with Crippen molar-refractivity contribution in [2.75, 3.05) is 17.7 Å². The van der Waals surface area contributed by atoms with Crippen molar-refractivity contribution >= 4 is 66.3 Å². The minimum Gasteiger partial charge on any atom is -0.504 e. The minimum absolute atomic E-state index is 0.00523. The van der Waals surface area contributed by atoms with Gasteiger partial charge in [0.15, 0.2) is 22.4 Å². The predicted molar refractivity (Wildman–Crippen MR) is 172 cm³/mol. The maximum Gasteiger partial charge on any atom is 0.190 e. The summed E-state index contributed by atoms with van der Waals surface area (Å²) in [5, 5.41) is 44.0. The van der Waals surface area contributed by atoms with Crippen LogP contribution in [0.15, 0.2) is 27.3 Å². The number of nitrogens with one attached hydrogen (secondary N) is 2. The van der Waals surface area contributed by atoms with Crippen LogP contribution in [0.3, 0.4) is 0 Å². The number of carbonyl (C=O) groups excluding carboxylic acids is 1. The number of benzene rings is 5. The molecule has 0 spiro atoms. The topological polar surface area (TPSA) is 145 Å². The summed E-state index contributed by atoms with van der Waals surface area (Å²) in [4.78, 5) is 41.3. The van der Waals surface area contributed by atoms with Crippen molar-refractivity contribution in [1.82, 2.24) is 0 Å². The molecule has 0 saturated heterocycles. The SMILES string of the molecule is COc1c(O)c2c(=O)cc(CO)c3c4c(CO)cc(=O)c5c6c(c7c(c(c1C(C(C)=O)C(C)=C7)c23)c54)NC1CCCCC1N6. The van der Waals surface area contributed by atoms with Gasteiger partial charge >= 0.3 is 0 Å². The molecule has 0 radical (unpaired) electrons. The van der Waals surface area contributed by atoms with Crippen LogP contribution in [0, 0.1) is 0 Å². The molecule has 1 aliphatic heterocycles. The average molecular weight is 593 g/mol. The molecule has 0 aromatic heterocycles. The molecule has 0 amide bonds. The Morgan fingerprint density at radius 3 is 1.98 bits per heavy atom. The molecule has 1 saturated carbocycles. The summed E-state index contributed by atoms with van der Waals surface area (Å²) in [5.41, 5.74) is 3.24. The van der Waals surface area contributed by atoms with E-state index in [4.69, 9.17) is 4.74 Å². The van der Waals surface area contributed by atoms with E-state index >= 15 is 0 Å². The zero-order valence-electron chi connectivity index (χ0n) is 24.7. The van der Waals surface area contributed by atoms with Gasteiger partial charge in [0.1, 0.15) is 5.78 Å². The number of phenolic OH excluding ortho intramolecular Hbond substituents is 1. The lowest BCUT2D eigenvalue weighted by Gasteiger charge is -2.41. The smallest absolute Gasteiger partial charge is 0.190 e. The maximum atomic E-state index is 14.1. The van der Waals surface area contributed by atoms with Gasteiger partial charge in [-0.05, 0) is 66.1 Å². The van der Waals surface area contributed by atoms with Crippen LogP contribution in [0.25, 0.3) is 49.2 Å². The minimum atomic E-state index is -0.817. The maximum absolute atomic E-state index is 14.1. The largest absolute Gasteiger partial charge is 0.504 e. The molecule has 0 bridgehead atoms. The van der Waals surface area contributed by atoms with Crippen LogP contribution in [0.2, 0.25) is 0 Å². The highest BCUT2D eigenvalue weighted by atomic mass is 16.5. The van der Waals surface area contributed by atoms with Crippen LogP contribution in [0.4, 0.5) is 11.4 Å². The van der Waals surface area contributed by atoms with E-state index in [1.807, 2.05) is 13.0 Å². The van der Waals surface area contributed by atoms with Gasteiger partial charge in [-0.3, -0.25) is 14.4 Å². The molecular weight excluding hydrogens is 560 g/mol. The third kappa shape index (κ3) is 3.23. The van der Waals surface area contributed by atoms with E-state index < -0.39 is 24.6 Å². The number of aliphatic hydroxyl groups is 2. The summed E-state index contributed by atoms with van der Waals surface area (Å²) in [7, 11) is 1.40. The van der Waals surface area contributed by atoms with E-state index in [1.165, 1.54) is 26.2 Å². The molecule has 9 heteroatoms.